The van der Waals surface area contributed by atoms with Gasteiger partial charge in [-0.15, -0.1) is 0 Å². The van der Waals surface area contributed by atoms with E-state index in [2.05, 4.69) is 21.5 Å². The predicted molar refractivity (Wildman–Crippen MR) is 79.9 cm³/mol. The van der Waals surface area contributed by atoms with Gasteiger partial charge in [0.2, 0.25) is 5.95 Å². The third-order valence-corrected chi connectivity index (χ3v) is 3.66. The molecule has 0 bridgehead atoms. The average molecular weight is 299 g/mol. The Morgan fingerprint density at radius 3 is 2.81 bits per heavy atom. The number of hydrogen-bond donors (Lipinski definition) is 1. The Labute approximate surface area is 125 Å². The number of hydrogen-bond acceptors (Lipinski definition) is 4. The molecule has 1 aliphatic heterocycles. The molecule has 0 radical (unpaired) electrons. The minimum Gasteiger partial charge on any atom is -0.463 e. The van der Waals surface area contributed by atoms with E-state index in [0.29, 0.717) is 11.0 Å². The number of furan rings is 1. The van der Waals surface area contributed by atoms with Gasteiger partial charge in [0.15, 0.2) is 0 Å². The lowest BCUT2D eigenvalue weighted by Crippen LogP contribution is -2.20. The molecule has 0 spiro atoms. The van der Waals surface area contributed by atoms with Crippen LogP contribution in [0.3, 0.4) is 0 Å². The molecule has 21 heavy (non-hydrogen) atoms. The second-order valence-corrected chi connectivity index (χ2v) is 5.14. The number of aromatic nitrogens is 3. The van der Waals surface area contributed by atoms with E-state index < -0.39 is 0 Å². The van der Waals surface area contributed by atoms with Crippen LogP contribution in [0.25, 0.3) is 5.70 Å². The lowest BCUT2D eigenvalue weighted by atomic mass is 10.0. The van der Waals surface area contributed by atoms with Gasteiger partial charge in [-0.05, 0) is 35.9 Å². The molecule has 0 fully saturated rings. The maximum absolute atomic E-state index is 5.96. The van der Waals surface area contributed by atoms with Crippen LogP contribution in [0.5, 0.6) is 0 Å². The summed E-state index contributed by atoms with van der Waals surface area (Å²) in [5.74, 6) is 1.45. The van der Waals surface area contributed by atoms with E-state index in [-0.39, 0.29) is 6.04 Å². The Morgan fingerprint density at radius 2 is 2.05 bits per heavy atom. The Morgan fingerprint density at radius 1 is 1.19 bits per heavy atom. The Balaban J connectivity index is 1.82. The van der Waals surface area contributed by atoms with E-state index in [1.807, 2.05) is 41.1 Å². The number of benzene rings is 1. The predicted octanol–water partition coefficient (Wildman–Crippen LogP) is 3.58. The van der Waals surface area contributed by atoms with Gasteiger partial charge < -0.3 is 9.73 Å². The van der Waals surface area contributed by atoms with Gasteiger partial charge in [0.1, 0.15) is 18.1 Å². The Bertz CT molecular complexity index is 789. The summed E-state index contributed by atoms with van der Waals surface area (Å²) in [5, 5.41) is 8.22. The minimum absolute atomic E-state index is 0.0545. The lowest BCUT2D eigenvalue weighted by Gasteiger charge is -2.23. The molecule has 2 aromatic heterocycles. The summed E-state index contributed by atoms with van der Waals surface area (Å²) < 4.78 is 7.29. The largest absolute Gasteiger partial charge is 0.463 e. The first kappa shape index (κ1) is 12.2. The van der Waals surface area contributed by atoms with Crippen molar-refractivity contribution in [1.82, 2.24) is 14.8 Å². The van der Waals surface area contributed by atoms with E-state index >= 15 is 0 Å². The number of fused-ring (bicyclic) bond motifs is 1. The molecule has 1 unspecified atom stereocenters. The van der Waals surface area contributed by atoms with Crippen molar-refractivity contribution in [1.29, 1.82) is 0 Å². The van der Waals surface area contributed by atoms with Crippen molar-refractivity contribution in [3.05, 3.63) is 71.4 Å². The molecular weight excluding hydrogens is 288 g/mol. The van der Waals surface area contributed by atoms with E-state index in [1.54, 1.807) is 6.26 Å². The van der Waals surface area contributed by atoms with Crippen molar-refractivity contribution < 1.29 is 4.42 Å². The molecule has 104 valence electrons. The highest BCUT2D eigenvalue weighted by molar-refractivity contribution is 6.30. The van der Waals surface area contributed by atoms with Crippen molar-refractivity contribution in [2.24, 2.45) is 0 Å². The quantitative estimate of drug-likeness (QED) is 0.785. The molecule has 1 aliphatic rings. The zero-order valence-electron chi connectivity index (χ0n) is 10.9. The van der Waals surface area contributed by atoms with Crippen molar-refractivity contribution in [2.45, 2.75) is 6.04 Å². The molecule has 0 aliphatic carbocycles. The van der Waals surface area contributed by atoms with E-state index in [4.69, 9.17) is 16.0 Å². The third-order valence-electron chi connectivity index (χ3n) is 3.41. The van der Waals surface area contributed by atoms with Crippen molar-refractivity contribution in [2.75, 3.05) is 5.32 Å². The monoisotopic (exact) mass is 298 g/mol. The summed E-state index contributed by atoms with van der Waals surface area (Å²) in [6, 6.07) is 11.4. The zero-order valence-corrected chi connectivity index (χ0v) is 11.7. The molecular formula is C15H11ClN4O. The molecule has 6 heteroatoms. The molecule has 4 rings (SSSR count). The second kappa shape index (κ2) is 4.79. The molecule has 5 nitrogen and oxygen atoms in total. The van der Waals surface area contributed by atoms with E-state index in [1.165, 1.54) is 6.33 Å². The number of nitrogens with zero attached hydrogens (tertiary/aromatic N) is 3. The van der Waals surface area contributed by atoms with Crippen molar-refractivity contribution in [3.63, 3.8) is 0 Å². The molecule has 0 amide bonds. The van der Waals surface area contributed by atoms with Crippen LogP contribution in [0.15, 0.2) is 59.5 Å². The number of rotatable bonds is 2. The molecule has 0 saturated heterocycles. The third kappa shape index (κ3) is 2.11. The summed E-state index contributed by atoms with van der Waals surface area (Å²) in [5.41, 5.74) is 1.96. The van der Waals surface area contributed by atoms with Gasteiger partial charge in [-0.25, -0.2) is 4.68 Å². The van der Waals surface area contributed by atoms with Crippen LogP contribution in [0.4, 0.5) is 5.95 Å². The van der Waals surface area contributed by atoms with E-state index in [0.717, 1.165) is 17.0 Å². The minimum atomic E-state index is -0.0545. The first-order valence-electron chi connectivity index (χ1n) is 6.49. The highest BCUT2D eigenvalue weighted by Gasteiger charge is 2.24. The molecule has 0 saturated carbocycles. The number of nitrogens with one attached hydrogen (secondary N) is 1. The highest BCUT2D eigenvalue weighted by Crippen LogP contribution is 2.32. The molecule has 1 atom stereocenters. The standard InChI is InChI=1S/C15H11ClN4O/c16-11-5-3-10(4-6-11)13-8-12(14-2-1-7-21-14)19-15-17-9-18-20(13)15/h1-9,13H,(H,17,18,19). The van der Waals surface area contributed by atoms with Crippen LogP contribution >= 0.6 is 11.6 Å². The number of allylic oxidation sites excluding steroid dienone is 1. The first-order chi connectivity index (χ1) is 10.3. The van der Waals surface area contributed by atoms with Crippen LogP contribution in [0, 0.1) is 0 Å². The van der Waals surface area contributed by atoms with Crippen LogP contribution in [-0.2, 0) is 0 Å². The van der Waals surface area contributed by atoms with Crippen LogP contribution in [0.1, 0.15) is 17.4 Å². The van der Waals surface area contributed by atoms with Crippen LogP contribution in [-0.4, -0.2) is 14.8 Å². The second-order valence-electron chi connectivity index (χ2n) is 4.71. The molecule has 1 aromatic carbocycles. The van der Waals surface area contributed by atoms with E-state index in [9.17, 15) is 0 Å². The van der Waals surface area contributed by atoms with Gasteiger partial charge in [0.05, 0.1) is 12.0 Å². The van der Waals surface area contributed by atoms with Crippen molar-refractivity contribution >= 4 is 23.2 Å². The van der Waals surface area contributed by atoms with Crippen LogP contribution in [0.2, 0.25) is 5.02 Å². The van der Waals surface area contributed by atoms with Gasteiger partial charge in [-0.3, -0.25) is 0 Å². The van der Waals surface area contributed by atoms with Gasteiger partial charge in [-0.2, -0.15) is 10.1 Å². The highest BCUT2D eigenvalue weighted by atomic mass is 35.5. The lowest BCUT2D eigenvalue weighted by molar-refractivity contribution is 0.547. The average Bonchev–Trinajstić information content (AvgIpc) is 3.18. The van der Waals surface area contributed by atoms with Crippen LogP contribution < -0.4 is 5.32 Å². The summed E-state index contributed by atoms with van der Waals surface area (Å²) in [7, 11) is 0. The fourth-order valence-electron chi connectivity index (χ4n) is 2.41. The smallest absolute Gasteiger partial charge is 0.226 e. The first-order valence-corrected chi connectivity index (χ1v) is 6.87. The fourth-order valence-corrected chi connectivity index (χ4v) is 2.53. The Kier molecular flexibility index (Phi) is 2.79. The van der Waals surface area contributed by atoms with Gasteiger partial charge >= 0.3 is 0 Å². The number of anilines is 1. The summed E-state index contributed by atoms with van der Waals surface area (Å²) in [4.78, 5) is 4.24. The zero-order chi connectivity index (χ0) is 14.2. The van der Waals surface area contributed by atoms with Gasteiger partial charge in [0, 0.05) is 5.02 Å². The molecule has 3 heterocycles. The Hall–Kier alpha value is -2.53. The molecule has 1 N–H and O–H groups in total. The summed E-state index contributed by atoms with van der Waals surface area (Å²) in [6.45, 7) is 0. The maximum Gasteiger partial charge on any atom is 0.226 e. The SMILES string of the molecule is Clc1ccc(C2C=C(c3ccco3)Nc3ncnn32)cc1. The normalized spacial score (nSPS) is 17.0. The fraction of sp³-hybridized carbons (Fsp3) is 0.0667. The molecule has 3 aromatic rings. The number of halogens is 1. The van der Waals surface area contributed by atoms with Gasteiger partial charge in [0.25, 0.3) is 0 Å². The summed E-state index contributed by atoms with van der Waals surface area (Å²) in [6.07, 6.45) is 5.24. The topological polar surface area (TPSA) is 55.9 Å². The van der Waals surface area contributed by atoms with Crippen molar-refractivity contribution in [3.8, 4) is 0 Å². The maximum atomic E-state index is 5.96. The summed E-state index contributed by atoms with van der Waals surface area (Å²) >= 11 is 5.96. The van der Waals surface area contributed by atoms with Gasteiger partial charge in [-0.1, -0.05) is 23.7 Å².